The van der Waals surface area contributed by atoms with Gasteiger partial charge in [-0.1, -0.05) is 6.42 Å². The molecule has 0 bridgehead atoms. The molecule has 0 unspecified atom stereocenters. The van der Waals surface area contributed by atoms with Gasteiger partial charge < -0.3 is 9.84 Å². The molecule has 1 amide bonds. The minimum atomic E-state index is -1.15. The molecule has 1 N–H and O–H groups in total. The van der Waals surface area contributed by atoms with Gasteiger partial charge in [-0.3, -0.25) is 4.90 Å². The van der Waals surface area contributed by atoms with Crippen molar-refractivity contribution < 1.29 is 14.6 Å². The van der Waals surface area contributed by atoms with Gasteiger partial charge in [0.25, 0.3) is 0 Å². The molecule has 2 aliphatic rings. The second-order valence-electron chi connectivity index (χ2n) is 4.50. The normalized spacial score (nSPS) is 36.2. The zero-order valence-corrected chi connectivity index (χ0v) is 8.75. The lowest BCUT2D eigenvalue weighted by atomic mass is 9.78. The maximum absolute atomic E-state index is 11.4. The third kappa shape index (κ3) is 1.06. The summed E-state index contributed by atoms with van der Waals surface area (Å²) in [6.07, 6.45) is 4.36. The van der Waals surface area contributed by atoms with Crippen molar-refractivity contribution in [2.75, 3.05) is 7.05 Å². The highest BCUT2D eigenvalue weighted by molar-refractivity contribution is 5.71. The zero-order valence-electron chi connectivity index (χ0n) is 8.75. The SMILES string of the molecule is CN1C(=O)OC2(CCCCC2)[C@@]1(C)O. The molecule has 4 heteroatoms. The van der Waals surface area contributed by atoms with Crippen LogP contribution in [0.15, 0.2) is 0 Å². The molecule has 1 saturated carbocycles. The number of amides is 1. The molecule has 0 aromatic rings. The van der Waals surface area contributed by atoms with Gasteiger partial charge in [0, 0.05) is 7.05 Å². The van der Waals surface area contributed by atoms with E-state index in [4.69, 9.17) is 4.74 Å². The topological polar surface area (TPSA) is 49.8 Å². The van der Waals surface area contributed by atoms with Crippen LogP contribution in [0.4, 0.5) is 4.79 Å². The van der Waals surface area contributed by atoms with Gasteiger partial charge in [-0.05, 0) is 32.6 Å². The largest absolute Gasteiger partial charge is 0.438 e. The molecular formula is C10H17NO3. The van der Waals surface area contributed by atoms with Crippen molar-refractivity contribution in [3.8, 4) is 0 Å². The number of nitrogens with zero attached hydrogens (tertiary/aromatic N) is 1. The number of carbonyl (C=O) groups is 1. The predicted molar refractivity (Wildman–Crippen MR) is 50.7 cm³/mol. The molecule has 0 aromatic carbocycles. The van der Waals surface area contributed by atoms with Crippen LogP contribution in [0.2, 0.25) is 0 Å². The van der Waals surface area contributed by atoms with Gasteiger partial charge in [-0.2, -0.15) is 0 Å². The third-order valence-corrected chi connectivity index (χ3v) is 3.73. The monoisotopic (exact) mass is 199 g/mol. The van der Waals surface area contributed by atoms with E-state index in [0.29, 0.717) is 0 Å². The smallest absolute Gasteiger partial charge is 0.412 e. The van der Waals surface area contributed by atoms with Crippen molar-refractivity contribution in [3.05, 3.63) is 0 Å². The maximum atomic E-state index is 11.4. The van der Waals surface area contributed by atoms with E-state index in [0.717, 1.165) is 25.7 Å². The Labute approximate surface area is 83.8 Å². The lowest BCUT2D eigenvalue weighted by molar-refractivity contribution is -0.153. The lowest BCUT2D eigenvalue weighted by Gasteiger charge is -2.41. The summed E-state index contributed by atoms with van der Waals surface area (Å²) in [7, 11) is 1.59. The summed E-state index contributed by atoms with van der Waals surface area (Å²) in [6, 6.07) is 0. The van der Waals surface area contributed by atoms with Gasteiger partial charge >= 0.3 is 6.09 Å². The second kappa shape index (κ2) is 2.86. The zero-order chi connectivity index (χ0) is 10.4. The summed E-state index contributed by atoms with van der Waals surface area (Å²) >= 11 is 0. The first-order chi connectivity index (χ1) is 6.50. The van der Waals surface area contributed by atoms with Crippen molar-refractivity contribution in [1.82, 2.24) is 4.90 Å². The Bertz CT molecular complexity index is 256. The molecule has 1 aliphatic heterocycles. The van der Waals surface area contributed by atoms with Gasteiger partial charge in [0.05, 0.1) is 0 Å². The number of hydrogen-bond donors (Lipinski definition) is 1. The Morgan fingerprint density at radius 1 is 1.36 bits per heavy atom. The van der Waals surface area contributed by atoms with E-state index in [-0.39, 0.29) is 0 Å². The lowest BCUT2D eigenvalue weighted by Crippen LogP contribution is -2.56. The third-order valence-electron chi connectivity index (χ3n) is 3.73. The number of carbonyl (C=O) groups excluding carboxylic acids is 1. The van der Waals surface area contributed by atoms with Gasteiger partial charge in [0.2, 0.25) is 0 Å². The quantitative estimate of drug-likeness (QED) is 0.643. The van der Waals surface area contributed by atoms with E-state index >= 15 is 0 Å². The summed E-state index contributed by atoms with van der Waals surface area (Å²) < 4.78 is 5.35. The van der Waals surface area contributed by atoms with Gasteiger partial charge in [-0.25, -0.2) is 4.79 Å². The average Bonchev–Trinajstić information content (AvgIpc) is 2.30. The van der Waals surface area contributed by atoms with Crippen molar-refractivity contribution in [1.29, 1.82) is 0 Å². The van der Waals surface area contributed by atoms with Crippen LogP contribution in [-0.4, -0.2) is 34.5 Å². The minimum absolute atomic E-state index is 0.406. The number of rotatable bonds is 0. The summed E-state index contributed by atoms with van der Waals surface area (Å²) in [5, 5.41) is 10.3. The van der Waals surface area contributed by atoms with Crippen LogP contribution >= 0.6 is 0 Å². The molecule has 2 fully saturated rings. The fourth-order valence-corrected chi connectivity index (χ4v) is 2.51. The molecular weight excluding hydrogens is 182 g/mol. The Morgan fingerprint density at radius 3 is 2.36 bits per heavy atom. The van der Waals surface area contributed by atoms with E-state index < -0.39 is 17.4 Å². The van der Waals surface area contributed by atoms with Crippen LogP contribution < -0.4 is 0 Å². The first kappa shape index (κ1) is 9.77. The molecule has 1 saturated heterocycles. The first-order valence-corrected chi connectivity index (χ1v) is 5.19. The fraction of sp³-hybridized carbons (Fsp3) is 0.900. The van der Waals surface area contributed by atoms with Crippen molar-refractivity contribution in [2.45, 2.75) is 50.4 Å². The number of likely N-dealkylation sites (N-methyl/N-ethyl adjacent to an activating group) is 1. The molecule has 2 rings (SSSR count). The Balaban J connectivity index is 2.30. The minimum Gasteiger partial charge on any atom is -0.438 e. The Morgan fingerprint density at radius 2 is 1.93 bits per heavy atom. The van der Waals surface area contributed by atoms with E-state index in [1.54, 1.807) is 14.0 Å². The van der Waals surface area contributed by atoms with E-state index in [1.807, 2.05) is 0 Å². The van der Waals surface area contributed by atoms with E-state index in [1.165, 1.54) is 11.3 Å². The van der Waals surface area contributed by atoms with E-state index in [9.17, 15) is 9.90 Å². The fourth-order valence-electron chi connectivity index (χ4n) is 2.51. The highest BCUT2D eigenvalue weighted by Crippen LogP contribution is 2.45. The van der Waals surface area contributed by atoms with E-state index in [2.05, 4.69) is 0 Å². The van der Waals surface area contributed by atoms with Gasteiger partial charge in [0.1, 0.15) is 0 Å². The molecule has 4 nitrogen and oxygen atoms in total. The van der Waals surface area contributed by atoms with Crippen LogP contribution in [0.5, 0.6) is 0 Å². The van der Waals surface area contributed by atoms with Crippen LogP contribution in [0.25, 0.3) is 0 Å². The molecule has 1 atom stereocenters. The van der Waals surface area contributed by atoms with Gasteiger partial charge in [-0.15, -0.1) is 0 Å². The average molecular weight is 199 g/mol. The molecule has 0 radical (unpaired) electrons. The molecule has 1 heterocycles. The maximum Gasteiger partial charge on any atom is 0.412 e. The highest BCUT2D eigenvalue weighted by Gasteiger charge is 2.60. The molecule has 80 valence electrons. The van der Waals surface area contributed by atoms with Crippen molar-refractivity contribution in [3.63, 3.8) is 0 Å². The van der Waals surface area contributed by atoms with Crippen molar-refractivity contribution in [2.24, 2.45) is 0 Å². The standard InChI is InChI=1S/C10H17NO3/c1-9(13)10(6-4-3-5-7-10)14-8(12)11(9)2/h13H,3-7H2,1-2H3/t9-/m1/s1. The molecule has 1 spiro atoms. The summed E-state index contributed by atoms with van der Waals surface area (Å²) in [5.74, 6) is 0. The molecule has 1 aliphatic carbocycles. The van der Waals surface area contributed by atoms with Crippen molar-refractivity contribution >= 4 is 6.09 Å². The summed E-state index contributed by atoms with van der Waals surface area (Å²) in [6.45, 7) is 1.67. The predicted octanol–water partition coefficient (Wildman–Crippen LogP) is 1.48. The molecule has 14 heavy (non-hydrogen) atoms. The van der Waals surface area contributed by atoms with Crippen LogP contribution in [0, 0.1) is 0 Å². The van der Waals surface area contributed by atoms with Crippen LogP contribution in [0.3, 0.4) is 0 Å². The highest BCUT2D eigenvalue weighted by atomic mass is 16.6. The summed E-state index contributed by atoms with van der Waals surface area (Å²) in [4.78, 5) is 12.7. The van der Waals surface area contributed by atoms with Gasteiger partial charge in [0.15, 0.2) is 11.3 Å². The number of ether oxygens (including phenoxy) is 1. The number of aliphatic hydroxyl groups is 1. The van der Waals surface area contributed by atoms with Crippen LogP contribution in [-0.2, 0) is 4.74 Å². The Hall–Kier alpha value is -0.770. The number of hydrogen-bond acceptors (Lipinski definition) is 3. The molecule has 0 aromatic heterocycles. The Kier molecular flexibility index (Phi) is 2.00. The summed E-state index contributed by atoms with van der Waals surface area (Å²) in [5.41, 5.74) is -1.80. The first-order valence-electron chi connectivity index (χ1n) is 5.19. The second-order valence-corrected chi connectivity index (χ2v) is 4.50. The van der Waals surface area contributed by atoms with Crippen LogP contribution in [0.1, 0.15) is 39.0 Å².